The molecule has 0 bridgehead atoms. The van der Waals surface area contributed by atoms with Crippen LogP contribution in [-0.4, -0.2) is 62.5 Å². The van der Waals surface area contributed by atoms with Crippen LogP contribution in [-0.2, 0) is 11.3 Å². The molecule has 0 saturated carbocycles. The third-order valence-corrected chi connectivity index (χ3v) is 7.52. The quantitative estimate of drug-likeness (QED) is 0.348. The second-order valence-electron chi connectivity index (χ2n) is 7.74. The summed E-state index contributed by atoms with van der Waals surface area (Å²) in [4.78, 5) is 18.1. The van der Waals surface area contributed by atoms with Gasteiger partial charge < -0.3 is 10.7 Å². The molecule has 1 aliphatic heterocycles. The van der Waals surface area contributed by atoms with Crippen molar-refractivity contribution in [2.75, 3.05) is 37.8 Å². The summed E-state index contributed by atoms with van der Waals surface area (Å²) in [6.07, 6.45) is 0. The number of amides is 1. The number of aromatic nitrogens is 3. The standard InChI is InChI=1S/C23H24N6OS2/c24-29-22(20-9-4-14-31-20)25-26-23(29)32-16-21(30)28-12-10-27(11-13-28)15-18-7-3-6-17-5-1-2-8-19(17)18/h1-9,14H,10-13,15-16,24H2. The van der Waals surface area contributed by atoms with Gasteiger partial charge in [-0.15, -0.1) is 21.5 Å². The molecular formula is C23H24N6OS2. The van der Waals surface area contributed by atoms with E-state index < -0.39 is 0 Å². The highest BCUT2D eigenvalue weighted by molar-refractivity contribution is 7.99. The van der Waals surface area contributed by atoms with Gasteiger partial charge in [-0.1, -0.05) is 60.3 Å². The Morgan fingerprint density at radius 2 is 1.81 bits per heavy atom. The van der Waals surface area contributed by atoms with Crippen LogP contribution in [0.15, 0.2) is 65.1 Å². The Morgan fingerprint density at radius 3 is 2.62 bits per heavy atom. The van der Waals surface area contributed by atoms with Crippen molar-refractivity contribution in [1.29, 1.82) is 0 Å². The molecule has 1 fully saturated rings. The average Bonchev–Trinajstić information content (AvgIpc) is 3.48. The Labute approximate surface area is 194 Å². The first-order chi connectivity index (χ1) is 15.7. The number of thioether (sulfide) groups is 1. The lowest BCUT2D eigenvalue weighted by molar-refractivity contribution is -0.130. The Bertz CT molecular complexity index is 1210. The maximum Gasteiger partial charge on any atom is 0.233 e. The minimum absolute atomic E-state index is 0.112. The molecule has 0 unspecified atom stereocenters. The monoisotopic (exact) mass is 464 g/mol. The molecule has 7 nitrogen and oxygen atoms in total. The van der Waals surface area contributed by atoms with Crippen LogP contribution in [0.2, 0.25) is 0 Å². The van der Waals surface area contributed by atoms with Gasteiger partial charge in [0, 0.05) is 32.7 Å². The molecule has 1 saturated heterocycles. The summed E-state index contributed by atoms with van der Waals surface area (Å²) in [6.45, 7) is 4.12. The second kappa shape index (κ2) is 9.32. The molecule has 1 amide bonds. The van der Waals surface area contributed by atoms with E-state index in [1.807, 2.05) is 22.4 Å². The van der Waals surface area contributed by atoms with Crippen molar-refractivity contribution in [2.45, 2.75) is 11.7 Å². The first-order valence-electron chi connectivity index (χ1n) is 10.5. The predicted molar refractivity (Wildman–Crippen MR) is 130 cm³/mol. The number of carbonyl (C=O) groups is 1. The van der Waals surface area contributed by atoms with Crippen LogP contribution in [0.1, 0.15) is 5.56 Å². The van der Waals surface area contributed by atoms with Gasteiger partial charge in [0.2, 0.25) is 11.1 Å². The molecule has 9 heteroatoms. The summed E-state index contributed by atoms with van der Waals surface area (Å²) < 4.78 is 1.46. The maximum atomic E-state index is 12.7. The van der Waals surface area contributed by atoms with Crippen LogP contribution in [0.3, 0.4) is 0 Å². The lowest BCUT2D eigenvalue weighted by Gasteiger charge is -2.35. The van der Waals surface area contributed by atoms with Gasteiger partial charge in [0.1, 0.15) is 0 Å². The summed E-state index contributed by atoms with van der Waals surface area (Å²) in [5.41, 5.74) is 1.34. The fourth-order valence-electron chi connectivity index (χ4n) is 3.99. The van der Waals surface area contributed by atoms with E-state index in [2.05, 4.69) is 57.6 Å². The van der Waals surface area contributed by atoms with Gasteiger partial charge in [0.15, 0.2) is 5.82 Å². The number of fused-ring (bicyclic) bond motifs is 1. The fourth-order valence-corrected chi connectivity index (χ4v) is 5.46. The molecular weight excluding hydrogens is 440 g/mol. The third kappa shape index (κ3) is 4.36. The minimum Gasteiger partial charge on any atom is -0.339 e. The van der Waals surface area contributed by atoms with Crippen molar-refractivity contribution in [3.05, 3.63) is 65.5 Å². The number of hydrogen-bond acceptors (Lipinski definition) is 7. The number of nitrogens with zero attached hydrogens (tertiary/aromatic N) is 5. The molecule has 0 spiro atoms. The second-order valence-corrected chi connectivity index (χ2v) is 9.63. The largest absolute Gasteiger partial charge is 0.339 e. The van der Waals surface area contributed by atoms with Crippen molar-refractivity contribution in [3.63, 3.8) is 0 Å². The van der Waals surface area contributed by atoms with Crippen LogP contribution in [0.5, 0.6) is 0 Å². The number of hydrogen-bond donors (Lipinski definition) is 1. The number of thiophene rings is 1. The van der Waals surface area contributed by atoms with E-state index in [-0.39, 0.29) is 5.91 Å². The van der Waals surface area contributed by atoms with Crippen LogP contribution < -0.4 is 5.84 Å². The molecule has 2 aromatic carbocycles. The first-order valence-corrected chi connectivity index (χ1v) is 12.4. The average molecular weight is 465 g/mol. The molecule has 164 valence electrons. The molecule has 1 aliphatic rings. The van der Waals surface area contributed by atoms with Crippen LogP contribution in [0.4, 0.5) is 0 Å². The van der Waals surface area contributed by atoms with Crippen molar-refractivity contribution < 1.29 is 4.79 Å². The summed E-state index contributed by atoms with van der Waals surface area (Å²) >= 11 is 2.90. The maximum absolute atomic E-state index is 12.7. The van der Waals surface area contributed by atoms with Gasteiger partial charge in [-0.2, -0.15) is 0 Å². The fraction of sp³-hybridized carbons (Fsp3) is 0.261. The molecule has 32 heavy (non-hydrogen) atoms. The molecule has 0 atom stereocenters. The zero-order valence-corrected chi connectivity index (χ0v) is 19.2. The minimum atomic E-state index is 0.112. The van der Waals surface area contributed by atoms with Crippen molar-refractivity contribution in [2.24, 2.45) is 0 Å². The van der Waals surface area contributed by atoms with Gasteiger partial charge in [-0.05, 0) is 27.8 Å². The zero-order valence-electron chi connectivity index (χ0n) is 17.6. The number of nitrogens with two attached hydrogens (primary N) is 1. The molecule has 0 radical (unpaired) electrons. The first kappa shape index (κ1) is 21.0. The van der Waals surface area contributed by atoms with Gasteiger partial charge >= 0.3 is 0 Å². The van der Waals surface area contributed by atoms with Crippen molar-refractivity contribution in [3.8, 4) is 10.7 Å². The lowest BCUT2D eigenvalue weighted by Crippen LogP contribution is -2.48. The highest BCUT2D eigenvalue weighted by Crippen LogP contribution is 2.25. The Balaban J connectivity index is 1.14. The van der Waals surface area contributed by atoms with Gasteiger partial charge in [-0.3, -0.25) is 9.69 Å². The smallest absolute Gasteiger partial charge is 0.233 e. The topological polar surface area (TPSA) is 80.3 Å². The van der Waals surface area contributed by atoms with Crippen molar-refractivity contribution in [1.82, 2.24) is 24.7 Å². The third-order valence-electron chi connectivity index (χ3n) is 5.73. The number of rotatable bonds is 6. The Kier molecular flexibility index (Phi) is 6.11. The van der Waals surface area contributed by atoms with E-state index in [9.17, 15) is 4.79 Å². The summed E-state index contributed by atoms with van der Waals surface area (Å²) in [7, 11) is 0. The van der Waals surface area contributed by atoms with E-state index in [1.165, 1.54) is 32.8 Å². The summed E-state index contributed by atoms with van der Waals surface area (Å²) in [5.74, 6) is 7.18. The van der Waals surface area contributed by atoms with Crippen LogP contribution >= 0.6 is 23.1 Å². The SMILES string of the molecule is Nn1c(SCC(=O)N2CCN(Cc3cccc4ccccc34)CC2)nnc1-c1cccs1. The highest BCUT2D eigenvalue weighted by atomic mass is 32.2. The molecule has 2 aromatic heterocycles. The molecule has 0 aliphatic carbocycles. The normalized spacial score (nSPS) is 14.8. The molecule has 5 rings (SSSR count). The Morgan fingerprint density at radius 1 is 1.00 bits per heavy atom. The zero-order chi connectivity index (χ0) is 21.9. The summed E-state index contributed by atoms with van der Waals surface area (Å²) in [6, 6.07) is 18.9. The van der Waals surface area contributed by atoms with Gasteiger partial charge in [-0.25, -0.2) is 4.68 Å². The number of nitrogen functional groups attached to an aromatic ring is 1. The van der Waals surface area contributed by atoms with Crippen LogP contribution in [0.25, 0.3) is 21.5 Å². The van der Waals surface area contributed by atoms with E-state index in [4.69, 9.17) is 5.84 Å². The molecule has 2 N–H and O–H groups in total. The van der Waals surface area contributed by atoms with E-state index in [1.54, 1.807) is 11.3 Å². The number of benzene rings is 2. The number of piperazine rings is 1. The molecule has 3 heterocycles. The predicted octanol–water partition coefficient (Wildman–Crippen LogP) is 3.31. The van der Waals surface area contributed by atoms with Crippen molar-refractivity contribution >= 4 is 39.8 Å². The van der Waals surface area contributed by atoms with E-state index in [0.29, 0.717) is 16.7 Å². The van der Waals surface area contributed by atoms with Crippen LogP contribution in [0, 0.1) is 0 Å². The lowest BCUT2D eigenvalue weighted by atomic mass is 10.0. The molecule has 4 aromatic rings. The summed E-state index contributed by atoms with van der Waals surface area (Å²) in [5, 5.41) is 13.4. The van der Waals surface area contributed by atoms with E-state index in [0.717, 1.165) is 37.6 Å². The number of carbonyl (C=O) groups excluding carboxylic acids is 1. The Hall–Kier alpha value is -2.88. The highest BCUT2D eigenvalue weighted by Gasteiger charge is 2.22. The van der Waals surface area contributed by atoms with E-state index >= 15 is 0 Å². The van der Waals surface area contributed by atoms with Gasteiger partial charge in [0.05, 0.1) is 10.6 Å². The van der Waals surface area contributed by atoms with Gasteiger partial charge in [0.25, 0.3) is 0 Å².